The lowest BCUT2D eigenvalue weighted by Gasteiger charge is -2.07. The van der Waals surface area contributed by atoms with Crippen molar-refractivity contribution in [3.05, 3.63) is 52.2 Å². The molecule has 0 atom stereocenters. The topological polar surface area (TPSA) is 73.0 Å². The van der Waals surface area contributed by atoms with Crippen LogP contribution in [0.15, 0.2) is 28.9 Å². The fourth-order valence-electron chi connectivity index (χ4n) is 2.73. The molecule has 0 saturated carbocycles. The number of carbonyl (C=O) groups is 1. The Morgan fingerprint density at radius 1 is 1.36 bits per heavy atom. The number of aromatic nitrogens is 3. The van der Waals surface area contributed by atoms with Crippen LogP contribution in [0.3, 0.4) is 0 Å². The van der Waals surface area contributed by atoms with Crippen molar-refractivity contribution in [1.29, 1.82) is 0 Å². The van der Waals surface area contributed by atoms with Crippen molar-refractivity contribution in [2.24, 2.45) is 0 Å². The Kier molecular flexibility index (Phi) is 5.33. The van der Waals surface area contributed by atoms with Gasteiger partial charge >= 0.3 is 0 Å². The van der Waals surface area contributed by atoms with E-state index in [-0.39, 0.29) is 5.91 Å². The zero-order valence-electron chi connectivity index (χ0n) is 14.7. The second kappa shape index (κ2) is 7.65. The van der Waals surface area contributed by atoms with E-state index in [2.05, 4.69) is 27.0 Å². The highest BCUT2D eigenvalue weighted by Crippen LogP contribution is 2.21. The number of anilines is 1. The molecule has 0 unspecified atom stereocenters. The zero-order valence-corrected chi connectivity index (χ0v) is 15.5. The molecule has 3 heterocycles. The van der Waals surface area contributed by atoms with E-state index < -0.39 is 0 Å². The van der Waals surface area contributed by atoms with Crippen LogP contribution in [0.5, 0.6) is 0 Å². The van der Waals surface area contributed by atoms with Gasteiger partial charge in [-0.1, -0.05) is 24.7 Å². The van der Waals surface area contributed by atoms with Gasteiger partial charge in [-0.05, 0) is 38.5 Å². The average Bonchev–Trinajstić information content (AvgIpc) is 3.31. The molecule has 0 spiro atoms. The molecule has 1 amide bonds. The van der Waals surface area contributed by atoms with Gasteiger partial charge in [0.15, 0.2) is 0 Å². The van der Waals surface area contributed by atoms with Crippen molar-refractivity contribution in [3.63, 3.8) is 0 Å². The summed E-state index contributed by atoms with van der Waals surface area (Å²) in [5.74, 6) is 0.704. The molecule has 25 heavy (non-hydrogen) atoms. The maximum atomic E-state index is 12.6. The molecule has 6 nitrogen and oxygen atoms in total. The number of nitrogens with zero attached hydrogens (tertiary/aromatic N) is 3. The highest BCUT2D eigenvalue weighted by atomic mass is 32.1. The van der Waals surface area contributed by atoms with Crippen molar-refractivity contribution in [2.75, 3.05) is 5.32 Å². The number of rotatable bonds is 7. The smallest absolute Gasteiger partial charge is 0.259 e. The predicted octanol–water partition coefficient (Wildman–Crippen LogP) is 4.19. The van der Waals surface area contributed by atoms with Gasteiger partial charge in [0.2, 0.25) is 5.13 Å². The third kappa shape index (κ3) is 3.99. The molecule has 0 fully saturated rings. The Balaban J connectivity index is 1.73. The van der Waals surface area contributed by atoms with Gasteiger partial charge in [0.25, 0.3) is 5.91 Å². The number of aryl methyl sites for hydroxylation is 2. The van der Waals surface area contributed by atoms with E-state index in [0.29, 0.717) is 17.2 Å². The minimum Gasteiger partial charge on any atom is -0.467 e. The summed E-state index contributed by atoms with van der Waals surface area (Å²) in [5, 5.41) is 12.6. The molecule has 0 saturated heterocycles. The zero-order chi connectivity index (χ0) is 17.8. The van der Waals surface area contributed by atoms with Crippen LogP contribution in [-0.2, 0) is 13.0 Å². The minimum absolute atomic E-state index is 0.156. The maximum Gasteiger partial charge on any atom is 0.259 e. The lowest BCUT2D eigenvalue weighted by molar-refractivity contribution is 0.102. The number of hydrogen-bond donors (Lipinski definition) is 1. The van der Waals surface area contributed by atoms with E-state index in [0.717, 1.165) is 41.4 Å². The van der Waals surface area contributed by atoms with Crippen LogP contribution >= 0.6 is 11.3 Å². The molecule has 7 heteroatoms. The third-order valence-corrected chi connectivity index (χ3v) is 5.04. The van der Waals surface area contributed by atoms with E-state index in [1.165, 1.54) is 11.3 Å². The summed E-state index contributed by atoms with van der Waals surface area (Å²) in [6, 6.07) is 5.69. The highest BCUT2D eigenvalue weighted by molar-refractivity contribution is 7.15. The summed E-state index contributed by atoms with van der Waals surface area (Å²) in [5.41, 5.74) is 2.57. The molecule has 3 rings (SSSR count). The van der Waals surface area contributed by atoms with E-state index in [9.17, 15) is 4.79 Å². The van der Waals surface area contributed by atoms with Gasteiger partial charge in [-0.3, -0.25) is 10.1 Å². The molecule has 1 N–H and O–H groups in total. The molecule has 0 radical (unpaired) electrons. The van der Waals surface area contributed by atoms with Crippen molar-refractivity contribution in [1.82, 2.24) is 14.8 Å². The summed E-state index contributed by atoms with van der Waals surface area (Å²) < 4.78 is 7.48. The summed E-state index contributed by atoms with van der Waals surface area (Å²) in [4.78, 5) is 12.6. The Hall–Kier alpha value is -2.41. The highest BCUT2D eigenvalue weighted by Gasteiger charge is 2.18. The lowest BCUT2D eigenvalue weighted by Crippen LogP contribution is -2.13. The largest absolute Gasteiger partial charge is 0.467 e. The summed E-state index contributed by atoms with van der Waals surface area (Å²) >= 11 is 1.44. The normalized spacial score (nSPS) is 11.0. The SMILES string of the molecule is CCCCc1nnc(NC(=O)c2cc(C)n(Cc3ccco3)c2C)s1. The van der Waals surface area contributed by atoms with Gasteiger partial charge in [0, 0.05) is 17.8 Å². The van der Waals surface area contributed by atoms with E-state index in [1.807, 2.05) is 32.0 Å². The van der Waals surface area contributed by atoms with Crippen molar-refractivity contribution < 1.29 is 9.21 Å². The molecule has 0 aromatic carbocycles. The maximum absolute atomic E-state index is 12.6. The van der Waals surface area contributed by atoms with E-state index in [1.54, 1.807) is 6.26 Å². The fraction of sp³-hybridized carbons (Fsp3) is 0.389. The summed E-state index contributed by atoms with van der Waals surface area (Å²) in [7, 11) is 0. The molecule has 0 aliphatic rings. The molecule has 0 aliphatic heterocycles. The van der Waals surface area contributed by atoms with Crippen LogP contribution in [0.1, 0.15) is 52.3 Å². The number of hydrogen-bond acceptors (Lipinski definition) is 5. The van der Waals surface area contributed by atoms with Crippen LogP contribution in [0.4, 0.5) is 5.13 Å². The van der Waals surface area contributed by atoms with Crippen LogP contribution in [0, 0.1) is 13.8 Å². The van der Waals surface area contributed by atoms with Gasteiger partial charge < -0.3 is 8.98 Å². The quantitative estimate of drug-likeness (QED) is 0.687. The monoisotopic (exact) mass is 358 g/mol. The van der Waals surface area contributed by atoms with Crippen LogP contribution < -0.4 is 5.32 Å². The lowest BCUT2D eigenvalue weighted by atomic mass is 10.2. The molecule has 0 bridgehead atoms. The van der Waals surface area contributed by atoms with Crippen molar-refractivity contribution in [3.8, 4) is 0 Å². The molecular formula is C18H22N4O2S. The first-order valence-corrected chi connectivity index (χ1v) is 9.23. The van der Waals surface area contributed by atoms with Crippen LogP contribution in [-0.4, -0.2) is 20.7 Å². The Bertz CT molecular complexity index is 849. The van der Waals surface area contributed by atoms with Gasteiger partial charge in [0.05, 0.1) is 18.4 Å². The molecule has 3 aromatic rings. The van der Waals surface area contributed by atoms with Crippen LogP contribution in [0.2, 0.25) is 0 Å². The van der Waals surface area contributed by atoms with Gasteiger partial charge in [-0.25, -0.2) is 0 Å². The first-order chi connectivity index (χ1) is 12.1. The van der Waals surface area contributed by atoms with E-state index >= 15 is 0 Å². The number of nitrogens with one attached hydrogen (secondary N) is 1. The molecule has 3 aromatic heterocycles. The van der Waals surface area contributed by atoms with Crippen LogP contribution in [0.25, 0.3) is 0 Å². The second-order valence-electron chi connectivity index (χ2n) is 6.01. The Morgan fingerprint density at radius 2 is 2.20 bits per heavy atom. The van der Waals surface area contributed by atoms with Crippen molar-refractivity contribution in [2.45, 2.75) is 46.6 Å². The molecule has 132 valence electrons. The number of unbranched alkanes of at least 4 members (excludes halogenated alkanes) is 1. The third-order valence-electron chi connectivity index (χ3n) is 4.14. The Labute approximate surface area is 150 Å². The number of furan rings is 1. The predicted molar refractivity (Wildman–Crippen MR) is 98.2 cm³/mol. The number of amides is 1. The Morgan fingerprint density at radius 3 is 2.92 bits per heavy atom. The second-order valence-corrected chi connectivity index (χ2v) is 7.07. The average molecular weight is 358 g/mol. The molecule has 0 aliphatic carbocycles. The van der Waals surface area contributed by atoms with Crippen molar-refractivity contribution >= 4 is 22.4 Å². The van der Waals surface area contributed by atoms with Gasteiger partial charge in [-0.15, -0.1) is 10.2 Å². The summed E-state index contributed by atoms with van der Waals surface area (Å²) in [6.07, 6.45) is 4.75. The van der Waals surface area contributed by atoms with E-state index in [4.69, 9.17) is 4.42 Å². The molecular weight excluding hydrogens is 336 g/mol. The van der Waals surface area contributed by atoms with Gasteiger partial charge in [-0.2, -0.15) is 0 Å². The summed E-state index contributed by atoms with van der Waals surface area (Å²) in [6.45, 7) is 6.68. The minimum atomic E-state index is -0.156. The first kappa shape index (κ1) is 17.4. The number of carbonyl (C=O) groups excluding carboxylic acids is 1. The fourth-order valence-corrected chi connectivity index (χ4v) is 3.51. The standard InChI is InChI=1S/C18H22N4O2S/c1-4-5-8-16-20-21-18(25-16)19-17(23)15-10-12(2)22(13(15)3)11-14-7-6-9-24-14/h6-7,9-10H,4-5,8,11H2,1-3H3,(H,19,21,23). The van der Waals surface area contributed by atoms with Gasteiger partial charge in [0.1, 0.15) is 10.8 Å². The first-order valence-electron chi connectivity index (χ1n) is 8.41.